The smallest absolute Gasteiger partial charge is 0.251 e. The Balaban J connectivity index is 0.00000147. The molecule has 1 heterocycles. The maximum absolute atomic E-state index is 12.5. The van der Waals surface area contributed by atoms with Crippen molar-refractivity contribution in [3.63, 3.8) is 0 Å². The van der Waals surface area contributed by atoms with Crippen molar-refractivity contribution in [2.45, 2.75) is 57.1 Å². The summed E-state index contributed by atoms with van der Waals surface area (Å²) in [5.41, 5.74) is 6.17. The van der Waals surface area contributed by atoms with E-state index in [1.807, 2.05) is 4.90 Å². The summed E-state index contributed by atoms with van der Waals surface area (Å²) in [6.07, 6.45) is 7.11. The van der Waals surface area contributed by atoms with Gasteiger partial charge in [-0.15, -0.1) is 12.4 Å². The van der Waals surface area contributed by atoms with Crippen molar-refractivity contribution in [2.24, 2.45) is 23.5 Å². The average molecular weight is 303 g/mol. The van der Waals surface area contributed by atoms with Crippen molar-refractivity contribution in [3.8, 4) is 0 Å². The Hall–Kier alpha value is -0.320. The van der Waals surface area contributed by atoms with Crippen LogP contribution in [-0.2, 0) is 4.79 Å². The van der Waals surface area contributed by atoms with Crippen LogP contribution in [0.25, 0.3) is 0 Å². The summed E-state index contributed by atoms with van der Waals surface area (Å²) in [6.45, 7) is 1.53. The molecule has 0 aromatic carbocycles. The van der Waals surface area contributed by atoms with Gasteiger partial charge in [0.1, 0.15) is 6.10 Å². The fraction of sp³-hybridized carbons (Fsp3) is 0.933. The molecule has 0 radical (unpaired) electrons. The number of nitrogens with two attached hydrogens (primary N) is 1. The zero-order valence-corrected chi connectivity index (χ0v) is 12.9. The minimum absolute atomic E-state index is 0. The molecule has 5 heteroatoms. The fourth-order valence-electron chi connectivity index (χ4n) is 4.28. The van der Waals surface area contributed by atoms with Gasteiger partial charge in [-0.3, -0.25) is 4.79 Å². The molecule has 1 saturated heterocycles. The summed E-state index contributed by atoms with van der Waals surface area (Å²) in [5, 5.41) is 10.3. The first-order chi connectivity index (χ1) is 9.16. The standard InChI is InChI=1S/C15H26N2O2.ClH/c16-13-11-6-7-12(13)9-17(8-11)15(19)14(18)10-4-2-1-3-5-10;/h10-14,18H,1-9,16H2;1H/t11-,12+,13?,14-;/m1./s1. The quantitative estimate of drug-likeness (QED) is 0.813. The number of carbonyl (C=O) groups is 1. The van der Waals surface area contributed by atoms with E-state index in [0.717, 1.165) is 51.6 Å². The second-order valence-corrected chi connectivity index (χ2v) is 6.76. The zero-order chi connectivity index (χ0) is 13.4. The number of nitrogens with zero attached hydrogens (tertiary/aromatic N) is 1. The van der Waals surface area contributed by atoms with Crippen molar-refractivity contribution < 1.29 is 9.90 Å². The number of hydrogen-bond donors (Lipinski definition) is 2. The van der Waals surface area contributed by atoms with Crippen LogP contribution in [0.2, 0.25) is 0 Å². The SMILES string of the molecule is Cl.NC1[C@@H]2CC[C@H]1CN(C(=O)[C@H](O)C1CCCCC1)C2. The van der Waals surface area contributed by atoms with Crippen molar-refractivity contribution >= 4 is 18.3 Å². The Kier molecular flexibility index (Phi) is 5.32. The average Bonchev–Trinajstić information content (AvgIpc) is 2.68. The van der Waals surface area contributed by atoms with Crippen LogP contribution in [-0.4, -0.2) is 41.1 Å². The molecule has 4 nitrogen and oxygen atoms in total. The molecule has 20 heavy (non-hydrogen) atoms. The summed E-state index contributed by atoms with van der Waals surface area (Å²) >= 11 is 0. The number of piperidine rings is 1. The molecular formula is C15H27ClN2O2. The number of aliphatic hydroxyl groups is 1. The zero-order valence-electron chi connectivity index (χ0n) is 12.0. The van der Waals surface area contributed by atoms with Gasteiger partial charge >= 0.3 is 0 Å². The maximum atomic E-state index is 12.5. The van der Waals surface area contributed by atoms with Gasteiger partial charge in [-0.1, -0.05) is 19.3 Å². The highest BCUT2D eigenvalue weighted by Gasteiger charge is 2.43. The molecule has 4 atom stereocenters. The lowest BCUT2D eigenvalue weighted by molar-refractivity contribution is -0.146. The van der Waals surface area contributed by atoms with E-state index in [9.17, 15) is 9.90 Å². The van der Waals surface area contributed by atoms with Gasteiger partial charge < -0.3 is 15.7 Å². The Morgan fingerprint density at radius 3 is 2.15 bits per heavy atom. The second kappa shape index (κ2) is 6.63. The molecule has 3 N–H and O–H groups in total. The lowest BCUT2D eigenvalue weighted by Crippen LogP contribution is -2.54. The normalized spacial score (nSPS) is 35.5. The molecule has 2 aliphatic carbocycles. The van der Waals surface area contributed by atoms with Crippen molar-refractivity contribution in [3.05, 3.63) is 0 Å². The number of hydrogen-bond acceptors (Lipinski definition) is 3. The number of likely N-dealkylation sites (tertiary alicyclic amines) is 1. The number of aliphatic hydroxyl groups excluding tert-OH is 1. The van der Waals surface area contributed by atoms with Crippen LogP contribution in [0.4, 0.5) is 0 Å². The van der Waals surface area contributed by atoms with E-state index < -0.39 is 6.10 Å². The number of rotatable bonds is 2. The van der Waals surface area contributed by atoms with Crippen LogP contribution in [0.1, 0.15) is 44.9 Å². The number of carbonyl (C=O) groups excluding carboxylic acids is 1. The van der Waals surface area contributed by atoms with Gasteiger partial charge in [0.25, 0.3) is 5.91 Å². The molecule has 3 fully saturated rings. The van der Waals surface area contributed by atoms with Gasteiger partial charge in [0, 0.05) is 19.1 Å². The van der Waals surface area contributed by atoms with E-state index >= 15 is 0 Å². The highest BCUT2D eigenvalue weighted by molar-refractivity contribution is 5.85. The lowest BCUT2D eigenvalue weighted by atomic mass is 9.84. The van der Waals surface area contributed by atoms with Gasteiger partial charge in [0.15, 0.2) is 0 Å². The third-order valence-electron chi connectivity index (χ3n) is 5.57. The van der Waals surface area contributed by atoms with E-state index in [0.29, 0.717) is 11.8 Å². The van der Waals surface area contributed by atoms with Crippen LogP contribution in [0, 0.1) is 17.8 Å². The second-order valence-electron chi connectivity index (χ2n) is 6.76. The molecule has 1 unspecified atom stereocenters. The van der Waals surface area contributed by atoms with E-state index in [1.165, 1.54) is 6.42 Å². The van der Waals surface area contributed by atoms with Gasteiger partial charge in [0.05, 0.1) is 0 Å². The summed E-state index contributed by atoms with van der Waals surface area (Å²) in [4.78, 5) is 14.4. The molecule has 0 spiro atoms. The summed E-state index contributed by atoms with van der Waals surface area (Å²) in [7, 11) is 0. The number of halogens is 1. The van der Waals surface area contributed by atoms with E-state index in [2.05, 4.69) is 0 Å². The van der Waals surface area contributed by atoms with E-state index in [1.54, 1.807) is 0 Å². The minimum Gasteiger partial charge on any atom is -0.383 e. The molecule has 3 aliphatic rings. The van der Waals surface area contributed by atoms with Crippen LogP contribution < -0.4 is 5.73 Å². The lowest BCUT2D eigenvalue weighted by Gasteiger charge is -2.38. The molecule has 0 aromatic rings. The van der Waals surface area contributed by atoms with Crippen molar-refractivity contribution in [1.82, 2.24) is 4.90 Å². The summed E-state index contributed by atoms with van der Waals surface area (Å²) in [5.74, 6) is 1.08. The van der Waals surface area contributed by atoms with E-state index in [4.69, 9.17) is 5.73 Å². The third-order valence-corrected chi connectivity index (χ3v) is 5.57. The molecule has 2 saturated carbocycles. The van der Waals surface area contributed by atoms with E-state index in [-0.39, 0.29) is 30.3 Å². The Labute approximate surface area is 127 Å². The predicted molar refractivity (Wildman–Crippen MR) is 80.6 cm³/mol. The molecule has 2 bridgehead atoms. The summed E-state index contributed by atoms with van der Waals surface area (Å²) < 4.78 is 0. The van der Waals surface area contributed by atoms with Crippen LogP contribution in [0.5, 0.6) is 0 Å². The van der Waals surface area contributed by atoms with Crippen LogP contribution in [0.15, 0.2) is 0 Å². The van der Waals surface area contributed by atoms with Crippen LogP contribution in [0.3, 0.4) is 0 Å². The fourth-order valence-corrected chi connectivity index (χ4v) is 4.28. The molecule has 116 valence electrons. The number of fused-ring (bicyclic) bond motifs is 2. The Morgan fingerprint density at radius 1 is 1.05 bits per heavy atom. The predicted octanol–water partition coefficient (Wildman–Crippen LogP) is 1.55. The van der Waals surface area contributed by atoms with Gasteiger partial charge in [0.2, 0.25) is 0 Å². The van der Waals surface area contributed by atoms with Crippen molar-refractivity contribution in [2.75, 3.05) is 13.1 Å². The third kappa shape index (κ3) is 2.97. The van der Waals surface area contributed by atoms with Gasteiger partial charge in [-0.2, -0.15) is 0 Å². The molecule has 1 aliphatic heterocycles. The Bertz CT molecular complexity index is 333. The number of amides is 1. The largest absolute Gasteiger partial charge is 0.383 e. The molecule has 3 rings (SSSR count). The highest BCUT2D eigenvalue weighted by Crippen LogP contribution is 2.36. The Morgan fingerprint density at radius 2 is 1.60 bits per heavy atom. The highest BCUT2D eigenvalue weighted by atomic mass is 35.5. The first kappa shape index (κ1) is 16.1. The molecule has 1 amide bonds. The summed E-state index contributed by atoms with van der Waals surface area (Å²) in [6, 6.07) is 0.274. The first-order valence-electron chi connectivity index (χ1n) is 7.89. The maximum Gasteiger partial charge on any atom is 0.251 e. The van der Waals surface area contributed by atoms with Gasteiger partial charge in [-0.05, 0) is 43.4 Å². The topological polar surface area (TPSA) is 66.6 Å². The van der Waals surface area contributed by atoms with Crippen LogP contribution >= 0.6 is 12.4 Å². The molecular weight excluding hydrogens is 276 g/mol. The molecule has 0 aromatic heterocycles. The monoisotopic (exact) mass is 302 g/mol. The minimum atomic E-state index is -0.769. The van der Waals surface area contributed by atoms with Gasteiger partial charge in [-0.25, -0.2) is 0 Å². The van der Waals surface area contributed by atoms with Crippen molar-refractivity contribution in [1.29, 1.82) is 0 Å². The first-order valence-corrected chi connectivity index (χ1v) is 7.89.